The highest BCUT2D eigenvalue weighted by Crippen LogP contribution is 2.34. The first kappa shape index (κ1) is 22.6. The fraction of sp³-hybridized carbons (Fsp3) is 0.333. The summed E-state index contributed by atoms with van der Waals surface area (Å²) in [5.41, 5.74) is 2.73. The number of amides is 1. The van der Waals surface area contributed by atoms with Gasteiger partial charge in [-0.3, -0.25) is 9.69 Å². The summed E-state index contributed by atoms with van der Waals surface area (Å²) in [6.45, 7) is 6.37. The molecule has 2 aromatic carbocycles. The predicted octanol–water partition coefficient (Wildman–Crippen LogP) is 4.83. The van der Waals surface area contributed by atoms with Crippen molar-refractivity contribution in [3.05, 3.63) is 64.1 Å². The lowest BCUT2D eigenvalue weighted by molar-refractivity contribution is 0.0627. The number of carbonyl (C=O) groups is 1. The minimum absolute atomic E-state index is 0.0571. The molecule has 1 aliphatic heterocycles. The lowest BCUT2D eigenvalue weighted by Crippen LogP contribution is -2.48. The number of piperazine rings is 1. The molecule has 4 rings (SSSR count). The van der Waals surface area contributed by atoms with Crippen LogP contribution in [0.3, 0.4) is 0 Å². The third-order valence-corrected chi connectivity index (χ3v) is 6.59. The number of carbonyl (C=O) groups excluding carboxylic acids is 1. The van der Waals surface area contributed by atoms with Gasteiger partial charge in [0.15, 0.2) is 11.5 Å². The van der Waals surface area contributed by atoms with Crippen LogP contribution in [0.15, 0.2) is 47.8 Å². The Hall–Kier alpha value is -2.61. The van der Waals surface area contributed by atoms with Crippen LogP contribution >= 0.6 is 22.9 Å². The average Bonchev–Trinajstić information content (AvgIpc) is 3.28. The van der Waals surface area contributed by atoms with E-state index >= 15 is 0 Å². The molecule has 8 heteroatoms. The number of rotatable bonds is 7. The molecule has 1 fully saturated rings. The molecule has 0 atom stereocenters. The normalized spacial score (nSPS) is 14.4. The molecule has 3 aromatic rings. The Balaban J connectivity index is 1.35. The molecule has 0 spiro atoms. The summed E-state index contributed by atoms with van der Waals surface area (Å²) in [5, 5.41) is 3.69. The molecule has 0 unspecified atom stereocenters. The van der Waals surface area contributed by atoms with Crippen LogP contribution in [0.25, 0.3) is 10.6 Å². The summed E-state index contributed by atoms with van der Waals surface area (Å²) < 4.78 is 11.1. The van der Waals surface area contributed by atoms with E-state index in [1.54, 1.807) is 42.7 Å². The Bertz CT molecular complexity index is 1060. The SMILES string of the molecule is CCOc1ccc(-c2nc(CN3CCN(C(=O)c4ccc(Cl)cc4)CC3)cs2)cc1OC. The van der Waals surface area contributed by atoms with Crippen molar-refractivity contribution >= 4 is 28.8 Å². The number of nitrogens with zero attached hydrogens (tertiary/aromatic N) is 3. The number of benzene rings is 2. The second kappa shape index (κ2) is 10.3. The van der Waals surface area contributed by atoms with Crippen LogP contribution in [0.2, 0.25) is 5.02 Å². The second-order valence-electron chi connectivity index (χ2n) is 7.52. The maximum Gasteiger partial charge on any atom is 0.253 e. The molecule has 168 valence electrons. The molecular weight excluding hydrogens is 446 g/mol. The highest BCUT2D eigenvalue weighted by Gasteiger charge is 2.22. The molecule has 1 amide bonds. The zero-order chi connectivity index (χ0) is 22.5. The first-order valence-corrected chi connectivity index (χ1v) is 11.9. The van der Waals surface area contributed by atoms with Gasteiger partial charge in [-0.05, 0) is 49.4 Å². The number of aromatic nitrogens is 1. The Morgan fingerprint density at radius 3 is 2.53 bits per heavy atom. The molecule has 2 heterocycles. The van der Waals surface area contributed by atoms with E-state index in [9.17, 15) is 4.79 Å². The lowest BCUT2D eigenvalue weighted by atomic mass is 10.2. The number of thiazole rings is 1. The van der Waals surface area contributed by atoms with Crippen LogP contribution in [0, 0.1) is 0 Å². The second-order valence-corrected chi connectivity index (χ2v) is 8.81. The van der Waals surface area contributed by atoms with E-state index < -0.39 is 0 Å². The lowest BCUT2D eigenvalue weighted by Gasteiger charge is -2.34. The van der Waals surface area contributed by atoms with Crippen LogP contribution in [0.4, 0.5) is 0 Å². The quantitative estimate of drug-likeness (QED) is 0.494. The van der Waals surface area contributed by atoms with E-state index in [0.717, 1.165) is 41.6 Å². The molecule has 1 saturated heterocycles. The Morgan fingerprint density at radius 1 is 1.09 bits per heavy atom. The van der Waals surface area contributed by atoms with Crippen molar-refractivity contribution in [3.63, 3.8) is 0 Å². The molecule has 0 bridgehead atoms. The average molecular weight is 472 g/mol. The van der Waals surface area contributed by atoms with E-state index in [4.69, 9.17) is 26.1 Å². The number of hydrogen-bond donors (Lipinski definition) is 0. The molecule has 0 radical (unpaired) electrons. The fourth-order valence-corrected chi connectivity index (χ4v) is 4.63. The van der Waals surface area contributed by atoms with Crippen LogP contribution in [0.5, 0.6) is 11.5 Å². The first-order chi connectivity index (χ1) is 15.6. The van der Waals surface area contributed by atoms with E-state index in [0.29, 0.717) is 36.0 Å². The number of halogens is 1. The van der Waals surface area contributed by atoms with Crippen LogP contribution < -0.4 is 9.47 Å². The summed E-state index contributed by atoms with van der Waals surface area (Å²) in [5.74, 6) is 1.51. The zero-order valence-corrected chi connectivity index (χ0v) is 19.8. The highest BCUT2D eigenvalue weighted by molar-refractivity contribution is 7.13. The highest BCUT2D eigenvalue weighted by atomic mass is 35.5. The van der Waals surface area contributed by atoms with Gasteiger partial charge in [0.1, 0.15) is 5.01 Å². The van der Waals surface area contributed by atoms with Crippen molar-refractivity contribution in [1.82, 2.24) is 14.8 Å². The number of hydrogen-bond acceptors (Lipinski definition) is 6. The molecular formula is C24H26ClN3O3S. The van der Waals surface area contributed by atoms with Crippen molar-refractivity contribution in [2.45, 2.75) is 13.5 Å². The van der Waals surface area contributed by atoms with Gasteiger partial charge in [-0.2, -0.15) is 0 Å². The Labute approximate surface area is 197 Å². The Kier molecular flexibility index (Phi) is 7.29. The van der Waals surface area contributed by atoms with Crippen LogP contribution in [-0.4, -0.2) is 60.6 Å². The summed E-state index contributed by atoms with van der Waals surface area (Å²) in [6.07, 6.45) is 0. The molecule has 0 N–H and O–H groups in total. The van der Waals surface area contributed by atoms with Crippen LogP contribution in [-0.2, 0) is 6.54 Å². The van der Waals surface area contributed by atoms with Crippen molar-refractivity contribution in [2.24, 2.45) is 0 Å². The molecule has 0 aliphatic carbocycles. The van der Waals surface area contributed by atoms with E-state index in [-0.39, 0.29) is 5.91 Å². The summed E-state index contributed by atoms with van der Waals surface area (Å²) >= 11 is 7.55. The van der Waals surface area contributed by atoms with Gasteiger partial charge in [0.05, 0.1) is 19.4 Å². The molecule has 6 nitrogen and oxygen atoms in total. The minimum Gasteiger partial charge on any atom is -0.493 e. The number of methoxy groups -OCH3 is 1. The van der Waals surface area contributed by atoms with E-state index in [1.807, 2.05) is 30.0 Å². The predicted molar refractivity (Wildman–Crippen MR) is 128 cm³/mol. The summed E-state index contributed by atoms with van der Waals surface area (Å²) in [7, 11) is 1.65. The molecule has 1 aliphatic rings. The van der Waals surface area contributed by atoms with Gasteiger partial charge in [-0.1, -0.05) is 11.6 Å². The van der Waals surface area contributed by atoms with Gasteiger partial charge >= 0.3 is 0 Å². The maximum atomic E-state index is 12.7. The monoisotopic (exact) mass is 471 g/mol. The molecule has 0 saturated carbocycles. The van der Waals surface area contributed by atoms with E-state index in [2.05, 4.69) is 10.3 Å². The zero-order valence-electron chi connectivity index (χ0n) is 18.2. The first-order valence-electron chi connectivity index (χ1n) is 10.6. The largest absolute Gasteiger partial charge is 0.493 e. The third-order valence-electron chi connectivity index (χ3n) is 5.40. The van der Waals surface area contributed by atoms with Gasteiger partial charge < -0.3 is 14.4 Å². The minimum atomic E-state index is 0.0571. The van der Waals surface area contributed by atoms with Gasteiger partial charge in [-0.25, -0.2) is 4.98 Å². The van der Waals surface area contributed by atoms with Crippen molar-refractivity contribution < 1.29 is 14.3 Å². The smallest absolute Gasteiger partial charge is 0.253 e. The molecule has 32 heavy (non-hydrogen) atoms. The van der Waals surface area contributed by atoms with Crippen molar-refractivity contribution in [2.75, 3.05) is 39.9 Å². The molecule has 1 aromatic heterocycles. The fourth-order valence-electron chi connectivity index (χ4n) is 3.70. The van der Waals surface area contributed by atoms with Crippen molar-refractivity contribution in [1.29, 1.82) is 0 Å². The maximum absolute atomic E-state index is 12.7. The van der Waals surface area contributed by atoms with Gasteiger partial charge in [-0.15, -0.1) is 11.3 Å². The third kappa shape index (κ3) is 5.23. The van der Waals surface area contributed by atoms with Gasteiger partial charge in [0.25, 0.3) is 5.91 Å². The van der Waals surface area contributed by atoms with Crippen LogP contribution in [0.1, 0.15) is 23.0 Å². The Morgan fingerprint density at radius 2 is 1.84 bits per heavy atom. The number of ether oxygens (including phenoxy) is 2. The van der Waals surface area contributed by atoms with Crippen molar-refractivity contribution in [3.8, 4) is 22.1 Å². The van der Waals surface area contributed by atoms with E-state index in [1.165, 1.54) is 0 Å². The topological polar surface area (TPSA) is 54.9 Å². The summed E-state index contributed by atoms with van der Waals surface area (Å²) in [6, 6.07) is 13.0. The van der Waals surface area contributed by atoms with Gasteiger partial charge in [0.2, 0.25) is 0 Å². The van der Waals surface area contributed by atoms with Gasteiger partial charge in [0, 0.05) is 54.3 Å². The standard InChI is InChI=1S/C24H26ClN3O3S/c1-3-31-21-9-6-18(14-22(21)30-2)23-26-20(16-32-23)15-27-10-12-28(13-11-27)24(29)17-4-7-19(25)8-5-17/h4-9,14,16H,3,10-13,15H2,1-2H3. The summed E-state index contributed by atoms with van der Waals surface area (Å²) in [4.78, 5) is 21.7.